The zero-order chi connectivity index (χ0) is 10.3. The number of H-pyrrole nitrogens is 2. The topological polar surface area (TPSA) is 91.5 Å². The van der Waals surface area contributed by atoms with Gasteiger partial charge >= 0.3 is 0 Å². The summed E-state index contributed by atoms with van der Waals surface area (Å²) in [5.41, 5.74) is -0.0231. The zero-order valence-corrected chi connectivity index (χ0v) is 7.71. The number of aromatic nitrogens is 4. The number of nitrogens with zero attached hydrogens (tertiary/aromatic N) is 2. The first-order chi connectivity index (χ1) is 6.58. The average molecular weight is 192 g/mol. The Kier molecular flexibility index (Phi) is 1.70. The van der Waals surface area contributed by atoms with E-state index >= 15 is 0 Å². The van der Waals surface area contributed by atoms with Crippen molar-refractivity contribution in [3.63, 3.8) is 0 Å². The molecular formula is C8H8N4O2. The van der Waals surface area contributed by atoms with Crippen molar-refractivity contribution in [3.05, 3.63) is 32.2 Å². The summed E-state index contributed by atoms with van der Waals surface area (Å²) in [5.74, 6) is 0.448. The molecule has 2 rings (SSSR count). The van der Waals surface area contributed by atoms with Gasteiger partial charge < -0.3 is 9.97 Å². The van der Waals surface area contributed by atoms with Crippen molar-refractivity contribution in [2.45, 2.75) is 13.8 Å². The lowest BCUT2D eigenvalue weighted by atomic mass is 10.4. The molecule has 2 aromatic rings. The molecule has 0 aliphatic rings. The molecule has 0 fully saturated rings. The van der Waals surface area contributed by atoms with E-state index < -0.39 is 0 Å². The third-order valence-electron chi connectivity index (χ3n) is 1.85. The van der Waals surface area contributed by atoms with Gasteiger partial charge in [-0.25, -0.2) is 9.97 Å². The molecule has 6 nitrogen and oxygen atoms in total. The van der Waals surface area contributed by atoms with E-state index in [4.69, 9.17) is 0 Å². The lowest BCUT2D eigenvalue weighted by Gasteiger charge is -1.97. The van der Waals surface area contributed by atoms with Gasteiger partial charge in [0.05, 0.1) is 0 Å². The second-order valence-electron chi connectivity index (χ2n) is 3.00. The Balaban J connectivity index is 3.04. The van der Waals surface area contributed by atoms with Crippen LogP contribution in [0.3, 0.4) is 0 Å². The molecule has 0 aliphatic heterocycles. The Hall–Kier alpha value is -1.98. The lowest BCUT2D eigenvalue weighted by molar-refractivity contribution is 1.00. The number of fused-ring (bicyclic) bond motifs is 1. The van der Waals surface area contributed by atoms with Crippen molar-refractivity contribution in [3.8, 4) is 0 Å². The van der Waals surface area contributed by atoms with E-state index in [-0.39, 0.29) is 28.0 Å². The van der Waals surface area contributed by atoms with E-state index in [1.54, 1.807) is 6.92 Å². The van der Waals surface area contributed by atoms with E-state index in [1.807, 2.05) is 0 Å². The van der Waals surface area contributed by atoms with Gasteiger partial charge in [-0.05, 0) is 13.8 Å². The second kappa shape index (κ2) is 2.76. The fraction of sp³-hybridized carbons (Fsp3) is 0.250. The van der Waals surface area contributed by atoms with Crippen molar-refractivity contribution < 1.29 is 0 Å². The van der Waals surface area contributed by atoms with Crippen molar-refractivity contribution in [1.82, 2.24) is 19.9 Å². The molecule has 0 aromatic carbocycles. The highest BCUT2D eigenvalue weighted by molar-refractivity contribution is 5.67. The molecular weight excluding hydrogens is 184 g/mol. The van der Waals surface area contributed by atoms with Crippen LogP contribution in [0.4, 0.5) is 0 Å². The average Bonchev–Trinajstić information content (AvgIpc) is 2.08. The van der Waals surface area contributed by atoms with E-state index in [1.165, 1.54) is 6.92 Å². The van der Waals surface area contributed by atoms with Crippen LogP contribution in [0.5, 0.6) is 0 Å². The predicted octanol–water partition coefficient (Wildman–Crippen LogP) is -0.377. The number of hydrogen-bond acceptors (Lipinski definition) is 4. The van der Waals surface area contributed by atoms with Gasteiger partial charge in [0.15, 0.2) is 11.2 Å². The highest BCUT2D eigenvalue weighted by Gasteiger charge is 2.05. The maximum Gasteiger partial charge on any atom is 0.279 e. The van der Waals surface area contributed by atoms with Crippen molar-refractivity contribution in [1.29, 1.82) is 0 Å². The molecule has 6 heteroatoms. The Morgan fingerprint density at radius 1 is 1.00 bits per heavy atom. The molecule has 0 atom stereocenters. The molecule has 0 unspecified atom stereocenters. The minimum atomic E-state index is -0.341. The molecule has 0 spiro atoms. The highest BCUT2D eigenvalue weighted by Crippen LogP contribution is 1.97. The van der Waals surface area contributed by atoms with Crippen LogP contribution in [0.15, 0.2) is 9.59 Å². The molecule has 0 bridgehead atoms. The van der Waals surface area contributed by atoms with Gasteiger partial charge in [-0.1, -0.05) is 0 Å². The number of nitrogens with one attached hydrogen (secondary N) is 2. The van der Waals surface area contributed by atoms with Gasteiger partial charge in [-0.15, -0.1) is 0 Å². The summed E-state index contributed by atoms with van der Waals surface area (Å²) in [7, 11) is 0. The smallest absolute Gasteiger partial charge is 0.279 e. The van der Waals surface area contributed by atoms with Crippen molar-refractivity contribution in [2.75, 3.05) is 0 Å². The lowest BCUT2D eigenvalue weighted by Crippen LogP contribution is -2.19. The van der Waals surface area contributed by atoms with E-state index in [0.717, 1.165) is 0 Å². The van der Waals surface area contributed by atoms with Gasteiger partial charge in [0.25, 0.3) is 11.1 Å². The maximum absolute atomic E-state index is 11.4. The molecule has 2 N–H and O–H groups in total. The normalized spacial score (nSPS) is 10.7. The molecule has 14 heavy (non-hydrogen) atoms. The van der Waals surface area contributed by atoms with Gasteiger partial charge in [0.2, 0.25) is 0 Å². The van der Waals surface area contributed by atoms with Gasteiger partial charge in [-0.3, -0.25) is 9.59 Å². The summed E-state index contributed by atoms with van der Waals surface area (Å²) in [6.45, 7) is 3.18. The Labute approximate surface area is 78.0 Å². The first-order valence-electron chi connectivity index (χ1n) is 4.05. The fourth-order valence-corrected chi connectivity index (χ4v) is 1.19. The third kappa shape index (κ3) is 1.20. The SMILES string of the molecule is Cc1nc2[nH]c(=O)c(C)nc2c(=O)[nH]1. The molecule has 0 saturated carbocycles. The summed E-state index contributed by atoms with van der Waals surface area (Å²) in [6.07, 6.45) is 0. The second-order valence-corrected chi connectivity index (χ2v) is 3.00. The van der Waals surface area contributed by atoms with Crippen LogP contribution in [0.1, 0.15) is 11.5 Å². The quantitative estimate of drug-likeness (QED) is 0.595. The van der Waals surface area contributed by atoms with Crippen LogP contribution in [0.25, 0.3) is 11.2 Å². The van der Waals surface area contributed by atoms with Crippen molar-refractivity contribution in [2.24, 2.45) is 0 Å². The Morgan fingerprint density at radius 2 is 1.71 bits per heavy atom. The first kappa shape index (κ1) is 8.61. The minimum Gasteiger partial charge on any atom is -0.309 e. The number of aryl methyl sites for hydroxylation is 2. The Morgan fingerprint density at radius 3 is 2.43 bits per heavy atom. The van der Waals surface area contributed by atoms with E-state index in [2.05, 4.69) is 19.9 Å². The number of hydrogen-bond donors (Lipinski definition) is 2. The highest BCUT2D eigenvalue weighted by atomic mass is 16.1. The Bertz CT molecular complexity index is 611. The standard InChI is InChI=1S/C8H8N4O2/c1-3-7(13)12-6-5(9-3)8(14)11-4(2)10-6/h1-2H3,(H2,10,11,12,13,14). The van der Waals surface area contributed by atoms with E-state index in [9.17, 15) is 9.59 Å². The summed E-state index contributed by atoms with van der Waals surface area (Å²) >= 11 is 0. The predicted molar refractivity (Wildman–Crippen MR) is 50.3 cm³/mol. The molecule has 0 aliphatic carbocycles. The van der Waals surface area contributed by atoms with Gasteiger partial charge in [0, 0.05) is 0 Å². The summed E-state index contributed by atoms with van der Waals surface area (Å²) in [5, 5.41) is 0. The molecule has 2 heterocycles. The molecule has 72 valence electrons. The van der Waals surface area contributed by atoms with Crippen LogP contribution in [-0.2, 0) is 0 Å². The summed E-state index contributed by atoms with van der Waals surface area (Å²) < 4.78 is 0. The largest absolute Gasteiger partial charge is 0.309 e. The van der Waals surface area contributed by atoms with Crippen LogP contribution in [0.2, 0.25) is 0 Å². The number of aromatic amines is 2. The van der Waals surface area contributed by atoms with Crippen LogP contribution in [-0.4, -0.2) is 19.9 Å². The maximum atomic E-state index is 11.4. The molecule has 0 saturated heterocycles. The summed E-state index contributed by atoms with van der Waals surface area (Å²) in [6, 6.07) is 0. The molecule has 0 radical (unpaired) electrons. The van der Waals surface area contributed by atoms with Crippen LogP contribution >= 0.6 is 0 Å². The van der Waals surface area contributed by atoms with Gasteiger partial charge in [0.1, 0.15) is 11.5 Å². The minimum absolute atomic E-state index is 0.160. The zero-order valence-electron chi connectivity index (χ0n) is 7.71. The van der Waals surface area contributed by atoms with Crippen LogP contribution in [0, 0.1) is 13.8 Å². The van der Waals surface area contributed by atoms with Crippen LogP contribution < -0.4 is 11.1 Å². The molecule has 2 aromatic heterocycles. The first-order valence-corrected chi connectivity index (χ1v) is 4.05. The number of rotatable bonds is 0. The third-order valence-corrected chi connectivity index (χ3v) is 1.85. The fourth-order valence-electron chi connectivity index (χ4n) is 1.19. The van der Waals surface area contributed by atoms with Gasteiger partial charge in [-0.2, -0.15) is 0 Å². The monoisotopic (exact) mass is 192 g/mol. The molecule has 0 amide bonds. The van der Waals surface area contributed by atoms with E-state index in [0.29, 0.717) is 5.82 Å². The van der Waals surface area contributed by atoms with Crippen molar-refractivity contribution >= 4 is 11.2 Å². The summed E-state index contributed by atoms with van der Waals surface area (Å²) in [4.78, 5) is 35.4.